The van der Waals surface area contributed by atoms with Crippen molar-refractivity contribution in [3.63, 3.8) is 0 Å². The van der Waals surface area contributed by atoms with Crippen molar-refractivity contribution in [1.29, 1.82) is 0 Å². The highest BCUT2D eigenvalue weighted by Gasteiger charge is 2.40. The summed E-state index contributed by atoms with van der Waals surface area (Å²) in [5.74, 6) is -0.0185. The van der Waals surface area contributed by atoms with Crippen LogP contribution < -0.4 is 5.32 Å². The molecule has 2 N–H and O–H groups in total. The van der Waals surface area contributed by atoms with Gasteiger partial charge in [0.1, 0.15) is 5.69 Å². The first-order chi connectivity index (χ1) is 7.27. The number of quaternary nitrogens is 1. The number of ketones is 2. The standard InChI is InChI=1S/C11H7NO3/c13-8-5-15-11-9(8)10(14)6-3-1-2-4-7(6)12-11/h1-4H,5H2,(H,12,14)/p+1. The van der Waals surface area contributed by atoms with E-state index in [1.54, 1.807) is 17.4 Å². The van der Waals surface area contributed by atoms with E-state index in [4.69, 9.17) is 4.74 Å². The average Bonchev–Trinajstić information content (AvgIpc) is 2.61. The second-order valence-corrected chi connectivity index (χ2v) is 3.51. The Morgan fingerprint density at radius 1 is 1.20 bits per heavy atom. The quantitative estimate of drug-likeness (QED) is 0.471. The molecular formula is C11H8NO3+. The van der Waals surface area contributed by atoms with Crippen LogP contribution in [0, 0.1) is 0 Å². The number of benzene rings is 1. The number of hydrogen-bond acceptors (Lipinski definition) is 3. The fraction of sp³-hybridized carbons (Fsp3) is 0.0909. The molecule has 0 atom stereocenters. The van der Waals surface area contributed by atoms with Crippen molar-refractivity contribution in [1.82, 2.24) is 0 Å². The molecule has 3 rings (SSSR count). The minimum atomic E-state index is -0.222. The zero-order valence-corrected chi connectivity index (χ0v) is 7.82. The fourth-order valence-corrected chi connectivity index (χ4v) is 1.88. The molecule has 0 amide bonds. The molecule has 2 aliphatic rings. The van der Waals surface area contributed by atoms with Gasteiger partial charge in [-0.05, 0) is 6.07 Å². The maximum absolute atomic E-state index is 11.9. The first-order valence-electron chi connectivity index (χ1n) is 4.66. The van der Waals surface area contributed by atoms with Gasteiger partial charge in [0.15, 0.2) is 12.2 Å². The molecule has 2 heterocycles. The van der Waals surface area contributed by atoms with Crippen LogP contribution in [0.25, 0.3) is 0 Å². The highest BCUT2D eigenvalue weighted by Crippen LogP contribution is 2.24. The third-order valence-corrected chi connectivity index (χ3v) is 2.60. The molecule has 0 aliphatic carbocycles. The van der Waals surface area contributed by atoms with Gasteiger partial charge in [-0.25, -0.2) is 5.32 Å². The molecule has 0 unspecified atom stereocenters. The van der Waals surface area contributed by atoms with Crippen LogP contribution in [0.4, 0.5) is 5.69 Å². The van der Waals surface area contributed by atoms with Crippen LogP contribution in [0.3, 0.4) is 0 Å². The largest absolute Gasteiger partial charge is 0.443 e. The van der Waals surface area contributed by atoms with Gasteiger partial charge in [0.2, 0.25) is 11.6 Å². The lowest BCUT2D eigenvalue weighted by molar-refractivity contribution is -0.550. The van der Waals surface area contributed by atoms with Crippen molar-refractivity contribution in [2.75, 3.05) is 6.61 Å². The van der Waals surface area contributed by atoms with Gasteiger partial charge in [-0.1, -0.05) is 12.1 Å². The minimum Gasteiger partial charge on any atom is -0.443 e. The van der Waals surface area contributed by atoms with Crippen LogP contribution in [0.1, 0.15) is 10.4 Å². The maximum atomic E-state index is 11.9. The number of fused-ring (bicyclic) bond motifs is 1. The Labute approximate surface area is 85.5 Å². The Kier molecular flexibility index (Phi) is 1.55. The zero-order valence-electron chi connectivity index (χ0n) is 7.82. The third-order valence-electron chi connectivity index (χ3n) is 2.60. The summed E-state index contributed by atoms with van der Waals surface area (Å²) in [5, 5.41) is 1.75. The number of ether oxygens (including phenoxy) is 1. The first kappa shape index (κ1) is 8.38. The predicted octanol–water partition coefficient (Wildman–Crippen LogP) is -0.111. The highest BCUT2D eigenvalue weighted by atomic mass is 16.5. The smallest absolute Gasteiger partial charge is 0.309 e. The lowest BCUT2D eigenvalue weighted by Gasteiger charge is -2.11. The van der Waals surface area contributed by atoms with Crippen LogP contribution in [-0.4, -0.2) is 18.2 Å². The third kappa shape index (κ3) is 1.05. The van der Waals surface area contributed by atoms with Gasteiger partial charge in [0.05, 0.1) is 5.56 Å². The Balaban J connectivity index is 2.19. The molecule has 0 saturated heterocycles. The predicted molar refractivity (Wildman–Crippen MR) is 50.3 cm³/mol. The van der Waals surface area contributed by atoms with E-state index in [2.05, 4.69) is 0 Å². The van der Waals surface area contributed by atoms with E-state index >= 15 is 0 Å². The summed E-state index contributed by atoms with van der Waals surface area (Å²) >= 11 is 0. The van der Waals surface area contributed by atoms with E-state index in [1.807, 2.05) is 12.1 Å². The van der Waals surface area contributed by atoms with Gasteiger partial charge in [-0.2, -0.15) is 0 Å². The highest BCUT2D eigenvalue weighted by molar-refractivity contribution is 6.29. The number of carbonyl (C=O) groups excluding carboxylic acids is 2. The molecule has 1 aromatic rings. The number of Topliss-reactive ketones (excluding diaryl/α,β-unsaturated/α-hetero) is 2. The van der Waals surface area contributed by atoms with E-state index in [-0.39, 0.29) is 23.7 Å². The number of hydrogen-bond donors (Lipinski definition) is 1. The minimum absolute atomic E-state index is 0.0130. The van der Waals surface area contributed by atoms with Gasteiger partial charge in [-0.15, -0.1) is 0 Å². The van der Waals surface area contributed by atoms with Crippen molar-refractivity contribution < 1.29 is 19.6 Å². The van der Waals surface area contributed by atoms with Gasteiger partial charge < -0.3 is 4.74 Å². The monoisotopic (exact) mass is 202 g/mol. The van der Waals surface area contributed by atoms with E-state index in [0.29, 0.717) is 11.4 Å². The zero-order chi connectivity index (χ0) is 10.4. The fourth-order valence-electron chi connectivity index (χ4n) is 1.88. The van der Waals surface area contributed by atoms with Crippen LogP contribution >= 0.6 is 0 Å². The molecule has 15 heavy (non-hydrogen) atoms. The van der Waals surface area contributed by atoms with Crippen LogP contribution in [0.5, 0.6) is 0 Å². The van der Waals surface area contributed by atoms with E-state index in [1.165, 1.54) is 0 Å². The lowest BCUT2D eigenvalue weighted by Crippen LogP contribution is -2.78. The molecule has 0 bridgehead atoms. The number of para-hydroxylation sites is 1. The molecule has 0 spiro atoms. The van der Waals surface area contributed by atoms with Crippen molar-refractivity contribution >= 4 is 17.3 Å². The van der Waals surface area contributed by atoms with E-state index in [9.17, 15) is 9.59 Å². The number of carbonyl (C=O) groups is 2. The summed E-state index contributed by atoms with van der Waals surface area (Å²) in [6.07, 6.45) is 0. The Morgan fingerprint density at radius 3 is 2.87 bits per heavy atom. The van der Waals surface area contributed by atoms with Crippen LogP contribution in [-0.2, 0) is 9.53 Å². The molecule has 4 heteroatoms. The summed E-state index contributed by atoms with van der Waals surface area (Å²) in [4.78, 5) is 23.3. The summed E-state index contributed by atoms with van der Waals surface area (Å²) in [6.45, 7) is -0.0130. The summed E-state index contributed by atoms with van der Waals surface area (Å²) in [7, 11) is 0. The Hall–Kier alpha value is -1.94. The molecule has 0 aromatic heterocycles. The molecule has 0 radical (unpaired) electrons. The maximum Gasteiger partial charge on any atom is 0.309 e. The number of nitrogens with two attached hydrogens (primary N) is 1. The summed E-state index contributed by atoms with van der Waals surface area (Å²) in [5.41, 5.74) is 1.60. The van der Waals surface area contributed by atoms with Gasteiger partial charge in [-0.3, -0.25) is 9.59 Å². The first-order valence-corrected chi connectivity index (χ1v) is 4.66. The molecule has 74 valence electrons. The second kappa shape index (κ2) is 2.77. The molecule has 4 nitrogen and oxygen atoms in total. The second-order valence-electron chi connectivity index (χ2n) is 3.51. The van der Waals surface area contributed by atoms with Gasteiger partial charge >= 0.3 is 5.88 Å². The van der Waals surface area contributed by atoms with E-state index < -0.39 is 0 Å². The normalized spacial score (nSPS) is 18.7. The van der Waals surface area contributed by atoms with Crippen molar-refractivity contribution in [2.45, 2.75) is 0 Å². The van der Waals surface area contributed by atoms with Crippen LogP contribution in [0.2, 0.25) is 0 Å². The Morgan fingerprint density at radius 2 is 2.00 bits per heavy atom. The lowest BCUT2D eigenvalue weighted by atomic mass is 9.97. The van der Waals surface area contributed by atoms with Gasteiger partial charge in [0.25, 0.3) is 0 Å². The summed E-state index contributed by atoms with van der Waals surface area (Å²) < 4.78 is 5.15. The topological polar surface area (TPSA) is 60.0 Å². The molecule has 0 saturated carbocycles. The van der Waals surface area contributed by atoms with Crippen molar-refractivity contribution in [2.24, 2.45) is 0 Å². The average molecular weight is 202 g/mol. The molecule has 0 fully saturated rings. The van der Waals surface area contributed by atoms with Crippen molar-refractivity contribution in [3.05, 3.63) is 41.3 Å². The van der Waals surface area contributed by atoms with Crippen LogP contribution in [0.15, 0.2) is 35.7 Å². The Bertz CT molecular complexity index is 516. The molecule has 2 aliphatic heterocycles. The van der Waals surface area contributed by atoms with Crippen molar-refractivity contribution in [3.8, 4) is 0 Å². The molecule has 1 aromatic carbocycles. The molecular weight excluding hydrogens is 194 g/mol. The summed E-state index contributed by atoms with van der Waals surface area (Å²) in [6, 6.07) is 7.20. The SMILES string of the molecule is O=C1COC2=C1C(=O)c1ccccc1[NH2+]2. The van der Waals surface area contributed by atoms with E-state index in [0.717, 1.165) is 5.69 Å². The van der Waals surface area contributed by atoms with Gasteiger partial charge in [0, 0.05) is 6.07 Å². The number of rotatable bonds is 0.